The lowest BCUT2D eigenvalue weighted by molar-refractivity contribution is 0.261. The summed E-state index contributed by atoms with van der Waals surface area (Å²) in [5.74, 6) is 0.385. The monoisotopic (exact) mass is 315 g/mol. The molecule has 1 fully saturated rings. The lowest BCUT2D eigenvalue weighted by Gasteiger charge is -2.32. The zero-order valence-electron chi connectivity index (χ0n) is 12.7. The Labute approximate surface area is 126 Å². The molecule has 0 amide bonds. The van der Waals surface area contributed by atoms with Crippen molar-refractivity contribution in [1.82, 2.24) is 19.4 Å². The van der Waals surface area contributed by atoms with Gasteiger partial charge in [-0.2, -0.15) is 17.8 Å². The van der Waals surface area contributed by atoms with Crippen LogP contribution in [-0.2, 0) is 17.3 Å². The first kappa shape index (κ1) is 16.3. The minimum absolute atomic E-state index is 0.385. The summed E-state index contributed by atoms with van der Waals surface area (Å²) >= 11 is 0. The largest absolute Gasteiger partial charge is 0.316 e. The van der Waals surface area contributed by atoms with E-state index in [4.69, 9.17) is 0 Å². The summed E-state index contributed by atoms with van der Waals surface area (Å²) in [6.07, 6.45) is 6.25. The molecule has 0 bridgehead atoms. The Morgan fingerprint density at radius 1 is 1.48 bits per heavy atom. The van der Waals surface area contributed by atoms with Crippen LogP contribution in [-0.4, -0.2) is 48.7 Å². The second-order valence-corrected chi connectivity index (χ2v) is 7.25. The lowest BCUT2D eigenvalue weighted by Crippen LogP contribution is -2.45. The van der Waals surface area contributed by atoms with Crippen molar-refractivity contribution in [2.24, 2.45) is 13.0 Å². The van der Waals surface area contributed by atoms with E-state index in [1.165, 1.54) is 6.20 Å². The fourth-order valence-electron chi connectivity index (χ4n) is 2.58. The molecule has 2 rings (SSSR count). The van der Waals surface area contributed by atoms with Gasteiger partial charge in [0.15, 0.2) is 0 Å². The molecule has 1 atom stereocenters. The van der Waals surface area contributed by atoms with E-state index in [1.807, 2.05) is 0 Å². The highest BCUT2D eigenvalue weighted by Crippen LogP contribution is 2.20. The predicted molar refractivity (Wildman–Crippen MR) is 83.2 cm³/mol. The summed E-state index contributed by atoms with van der Waals surface area (Å²) in [6.45, 7) is 5.15. The number of hydrogen-bond acceptors (Lipinski definition) is 4. The van der Waals surface area contributed by atoms with Gasteiger partial charge in [-0.05, 0) is 38.3 Å². The van der Waals surface area contributed by atoms with Crippen molar-refractivity contribution in [2.75, 3.05) is 30.9 Å². The number of nitrogens with one attached hydrogen (secondary N) is 2. The molecule has 7 nitrogen and oxygen atoms in total. The Morgan fingerprint density at radius 2 is 2.29 bits per heavy atom. The number of aromatic nitrogens is 2. The lowest BCUT2D eigenvalue weighted by atomic mass is 10.00. The number of rotatable bonds is 7. The third-order valence-electron chi connectivity index (χ3n) is 3.63. The summed E-state index contributed by atoms with van der Waals surface area (Å²) in [5.41, 5.74) is 0.503. The molecule has 0 spiro atoms. The fraction of sp³-hybridized carbons (Fsp3) is 0.769. The van der Waals surface area contributed by atoms with Crippen molar-refractivity contribution in [1.29, 1.82) is 0 Å². The van der Waals surface area contributed by atoms with Gasteiger partial charge in [0, 0.05) is 26.3 Å². The molecular formula is C13H25N5O2S. The van der Waals surface area contributed by atoms with Crippen LogP contribution in [0.3, 0.4) is 0 Å². The smallest absolute Gasteiger partial charge is 0.301 e. The highest BCUT2D eigenvalue weighted by molar-refractivity contribution is 7.90. The van der Waals surface area contributed by atoms with Crippen LogP contribution in [0.15, 0.2) is 12.4 Å². The molecule has 1 aliphatic rings. The first-order valence-electron chi connectivity index (χ1n) is 7.48. The number of hydrogen-bond donors (Lipinski definition) is 2. The Balaban J connectivity index is 1.92. The highest BCUT2D eigenvalue weighted by atomic mass is 32.2. The van der Waals surface area contributed by atoms with Crippen LogP contribution in [0.4, 0.5) is 5.69 Å². The maximum absolute atomic E-state index is 12.4. The third-order valence-corrected chi connectivity index (χ3v) is 5.14. The second kappa shape index (κ2) is 7.24. The Kier molecular flexibility index (Phi) is 5.60. The van der Waals surface area contributed by atoms with E-state index in [0.717, 1.165) is 32.4 Å². The highest BCUT2D eigenvalue weighted by Gasteiger charge is 2.28. The summed E-state index contributed by atoms with van der Waals surface area (Å²) in [5, 5.41) is 7.35. The maximum Gasteiger partial charge on any atom is 0.301 e. The van der Waals surface area contributed by atoms with Crippen LogP contribution in [0.25, 0.3) is 0 Å². The summed E-state index contributed by atoms with van der Waals surface area (Å²) in [6, 6.07) is 0. The average molecular weight is 315 g/mol. The van der Waals surface area contributed by atoms with Crippen molar-refractivity contribution in [2.45, 2.75) is 26.2 Å². The SMILES string of the molecule is CCCNCC1CCCN(S(=O)(=O)Nc2cnn(C)c2)C1. The maximum atomic E-state index is 12.4. The molecule has 2 heterocycles. The fourth-order valence-corrected chi connectivity index (χ4v) is 3.89. The summed E-state index contributed by atoms with van der Waals surface area (Å²) in [4.78, 5) is 0. The van der Waals surface area contributed by atoms with Gasteiger partial charge in [0.2, 0.25) is 0 Å². The topological polar surface area (TPSA) is 79.3 Å². The van der Waals surface area contributed by atoms with E-state index in [1.54, 1.807) is 22.2 Å². The Morgan fingerprint density at radius 3 is 2.95 bits per heavy atom. The van der Waals surface area contributed by atoms with Gasteiger partial charge in [0.05, 0.1) is 11.9 Å². The van der Waals surface area contributed by atoms with Crippen LogP contribution in [0.1, 0.15) is 26.2 Å². The molecule has 21 heavy (non-hydrogen) atoms. The molecule has 120 valence electrons. The van der Waals surface area contributed by atoms with E-state index in [2.05, 4.69) is 22.1 Å². The number of aryl methyl sites for hydroxylation is 1. The van der Waals surface area contributed by atoms with Crippen molar-refractivity contribution in [3.63, 3.8) is 0 Å². The number of anilines is 1. The first-order chi connectivity index (χ1) is 10.0. The molecule has 2 N–H and O–H groups in total. The zero-order valence-corrected chi connectivity index (χ0v) is 13.6. The van der Waals surface area contributed by atoms with Crippen LogP contribution in [0.2, 0.25) is 0 Å². The minimum atomic E-state index is -3.48. The number of piperidine rings is 1. The molecule has 0 aromatic carbocycles. The Bertz CT molecular complexity index is 543. The molecule has 0 radical (unpaired) electrons. The molecular weight excluding hydrogens is 290 g/mol. The zero-order chi connectivity index (χ0) is 15.3. The van der Waals surface area contributed by atoms with Crippen molar-refractivity contribution < 1.29 is 8.42 Å². The third kappa shape index (κ3) is 4.69. The van der Waals surface area contributed by atoms with Gasteiger partial charge >= 0.3 is 10.2 Å². The molecule has 1 aliphatic heterocycles. The first-order valence-corrected chi connectivity index (χ1v) is 8.92. The van der Waals surface area contributed by atoms with Gasteiger partial charge in [0.1, 0.15) is 0 Å². The second-order valence-electron chi connectivity index (χ2n) is 5.58. The van der Waals surface area contributed by atoms with E-state index in [-0.39, 0.29) is 0 Å². The van der Waals surface area contributed by atoms with Crippen molar-refractivity contribution in [3.05, 3.63) is 12.4 Å². The van der Waals surface area contributed by atoms with Crippen molar-refractivity contribution >= 4 is 15.9 Å². The van der Waals surface area contributed by atoms with Crippen molar-refractivity contribution in [3.8, 4) is 0 Å². The summed E-state index contributed by atoms with van der Waals surface area (Å²) in [7, 11) is -1.73. The minimum Gasteiger partial charge on any atom is -0.316 e. The number of nitrogens with zero attached hydrogens (tertiary/aromatic N) is 3. The van der Waals surface area contributed by atoms with Gasteiger partial charge in [-0.3, -0.25) is 9.40 Å². The standard InChI is InChI=1S/C13H25N5O2S/c1-3-6-14-8-12-5-4-7-18(10-12)21(19,20)16-13-9-15-17(2)11-13/h9,11-12,14,16H,3-8,10H2,1-2H3. The van der Waals surface area contributed by atoms with Crippen LogP contribution in [0.5, 0.6) is 0 Å². The van der Waals surface area contributed by atoms with E-state index in [9.17, 15) is 8.42 Å². The summed E-state index contributed by atoms with van der Waals surface area (Å²) < 4.78 is 30.5. The predicted octanol–water partition coefficient (Wildman–Crippen LogP) is 0.788. The van der Waals surface area contributed by atoms with Crippen LogP contribution < -0.4 is 10.0 Å². The normalized spacial score (nSPS) is 20.6. The molecule has 8 heteroatoms. The molecule has 1 aromatic rings. The molecule has 1 saturated heterocycles. The quantitative estimate of drug-likeness (QED) is 0.729. The molecule has 0 aliphatic carbocycles. The van der Waals surface area contributed by atoms with Gasteiger partial charge in [-0.15, -0.1) is 0 Å². The van der Waals surface area contributed by atoms with Gasteiger partial charge in [-0.1, -0.05) is 6.92 Å². The van der Waals surface area contributed by atoms with E-state index in [0.29, 0.717) is 24.7 Å². The van der Waals surface area contributed by atoms with Crippen LogP contribution >= 0.6 is 0 Å². The Hall–Kier alpha value is -1.12. The van der Waals surface area contributed by atoms with Gasteiger partial charge in [-0.25, -0.2) is 0 Å². The molecule has 1 unspecified atom stereocenters. The van der Waals surface area contributed by atoms with E-state index < -0.39 is 10.2 Å². The molecule has 1 aromatic heterocycles. The van der Waals surface area contributed by atoms with Gasteiger partial charge < -0.3 is 5.32 Å². The molecule has 0 saturated carbocycles. The van der Waals surface area contributed by atoms with Gasteiger partial charge in [0.25, 0.3) is 0 Å². The van der Waals surface area contributed by atoms with E-state index >= 15 is 0 Å². The van der Waals surface area contributed by atoms with Crippen LogP contribution in [0, 0.1) is 5.92 Å². The average Bonchev–Trinajstić information content (AvgIpc) is 2.84.